The summed E-state index contributed by atoms with van der Waals surface area (Å²) in [5, 5.41) is 12.7. The van der Waals surface area contributed by atoms with Gasteiger partial charge in [-0.3, -0.25) is 0 Å². The summed E-state index contributed by atoms with van der Waals surface area (Å²) in [4.78, 5) is 0. The summed E-state index contributed by atoms with van der Waals surface area (Å²) in [5.41, 5.74) is 17.9. The Bertz CT molecular complexity index is 3810. The summed E-state index contributed by atoms with van der Waals surface area (Å²) >= 11 is 0. The van der Waals surface area contributed by atoms with Gasteiger partial charge in [0.1, 0.15) is 0 Å². The first-order valence-electron chi connectivity index (χ1n) is 22.1. The zero-order chi connectivity index (χ0) is 41.2. The van der Waals surface area contributed by atoms with E-state index in [-0.39, 0.29) is 0 Å². The molecule has 0 nitrogen and oxygen atoms in total. The molecule has 0 N–H and O–H groups in total. The maximum absolute atomic E-state index is 2.52. The smallest absolute Gasteiger partial charge is 0.0619 e. The van der Waals surface area contributed by atoms with Crippen LogP contribution in [0.2, 0.25) is 0 Å². The van der Waals surface area contributed by atoms with Crippen LogP contribution in [0.15, 0.2) is 231 Å². The number of rotatable bonds is 3. The molecule has 12 aromatic carbocycles. The third-order valence-electron chi connectivity index (χ3n) is 14.4. The average molecular weight is 795 g/mol. The molecule has 0 unspecified atom stereocenters. The van der Waals surface area contributed by atoms with E-state index in [1.807, 2.05) is 0 Å². The van der Waals surface area contributed by atoms with Crippen LogP contribution in [-0.4, -0.2) is 0 Å². The van der Waals surface area contributed by atoms with Gasteiger partial charge >= 0.3 is 0 Å². The van der Waals surface area contributed by atoms with Crippen LogP contribution in [0.3, 0.4) is 0 Å². The lowest BCUT2D eigenvalue weighted by atomic mass is 9.70. The molecule has 2 aliphatic rings. The summed E-state index contributed by atoms with van der Waals surface area (Å²) in [6.07, 6.45) is 0. The molecule has 0 radical (unpaired) electrons. The Morgan fingerprint density at radius 1 is 0.206 bits per heavy atom. The molecule has 2 aliphatic carbocycles. The lowest BCUT2D eigenvalue weighted by Gasteiger charge is -2.30. The van der Waals surface area contributed by atoms with Crippen molar-refractivity contribution in [1.82, 2.24) is 0 Å². The van der Waals surface area contributed by atoms with Crippen molar-refractivity contribution in [3.63, 3.8) is 0 Å². The van der Waals surface area contributed by atoms with Crippen molar-refractivity contribution in [2.45, 2.75) is 5.41 Å². The second-order valence-corrected chi connectivity index (χ2v) is 17.5. The molecule has 0 atom stereocenters. The van der Waals surface area contributed by atoms with Crippen molar-refractivity contribution >= 4 is 53.9 Å². The molecular formula is C63H38. The number of hydrogen-bond donors (Lipinski definition) is 0. The monoisotopic (exact) mass is 794 g/mol. The topological polar surface area (TPSA) is 0 Å². The fourth-order valence-corrected chi connectivity index (χ4v) is 11.8. The van der Waals surface area contributed by atoms with Gasteiger partial charge in [0.05, 0.1) is 5.41 Å². The van der Waals surface area contributed by atoms with Crippen LogP contribution in [0.1, 0.15) is 22.3 Å². The van der Waals surface area contributed by atoms with Gasteiger partial charge in [0.25, 0.3) is 0 Å². The quantitative estimate of drug-likeness (QED) is 0.156. The molecule has 0 fully saturated rings. The van der Waals surface area contributed by atoms with Crippen LogP contribution >= 0.6 is 0 Å². The number of benzene rings is 12. The Hall–Kier alpha value is -8.06. The molecule has 0 saturated heterocycles. The van der Waals surface area contributed by atoms with Crippen molar-refractivity contribution in [1.29, 1.82) is 0 Å². The van der Waals surface area contributed by atoms with Gasteiger partial charge in [-0.1, -0.05) is 194 Å². The molecule has 290 valence electrons. The summed E-state index contributed by atoms with van der Waals surface area (Å²) in [6, 6.07) is 86.7. The summed E-state index contributed by atoms with van der Waals surface area (Å²) < 4.78 is 0. The summed E-state index contributed by atoms with van der Waals surface area (Å²) in [7, 11) is 0. The van der Waals surface area contributed by atoms with Crippen molar-refractivity contribution in [2.24, 2.45) is 0 Å². The maximum atomic E-state index is 2.52. The minimum Gasteiger partial charge on any atom is -0.0619 e. The molecule has 14 rings (SSSR count). The predicted octanol–water partition coefficient (Wildman–Crippen LogP) is 16.8. The third-order valence-corrected chi connectivity index (χ3v) is 14.4. The SMILES string of the molecule is c1cc(-c2ccc3cc4c(cc3c2)C2(c3ccccc3-c3ccccc32)c2cc3ccccc3cc2-4)cc(-c2c3ccccc3c(-c3cccc4ccccc34)c3ccccc23)c1. The van der Waals surface area contributed by atoms with Crippen LogP contribution in [0, 0.1) is 0 Å². The van der Waals surface area contributed by atoms with Crippen molar-refractivity contribution in [2.75, 3.05) is 0 Å². The van der Waals surface area contributed by atoms with E-state index in [0.717, 1.165) is 0 Å². The van der Waals surface area contributed by atoms with E-state index >= 15 is 0 Å². The predicted molar refractivity (Wildman–Crippen MR) is 267 cm³/mol. The fourth-order valence-electron chi connectivity index (χ4n) is 11.8. The first kappa shape index (κ1) is 34.6. The molecule has 0 aliphatic heterocycles. The highest BCUT2D eigenvalue weighted by molar-refractivity contribution is 6.23. The highest BCUT2D eigenvalue weighted by Gasteiger charge is 2.51. The van der Waals surface area contributed by atoms with E-state index in [1.165, 1.54) is 132 Å². The van der Waals surface area contributed by atoms with Gasteiger partial charge in [-0.2, -0.15) is 0 Å². The van der Waals surface area contributed by atoms with E-state index < -0.39 is 5.41 Å². The minimum absolute atomic E-state index is 0.410. The first-order chi connectivity index (χ1) is 31.2. The Kier molecular flexibility index (Phi) is 7.13. The first-order valence-corrected chi connectivity index (χ1v) is 22.1. The lowest BCUT2D eigenvalue weighted by Crippen LogP contribution is -2.25. The molecule has 0 amide bonds. The fraction of sp³-hybridized carbons (Fsp3) is 0.0159. The summed E-state index contributed by atoms with van der Waals surface area (Å²) in [6.45, 7) is 0. The second-order valence-electron chi connectivity index (χ2n) is 17.5. The Morgan fingerprint density at radius 3 is 1.32 bits per heavy atom. The van der Waals surface area contributed by atoms with E-state index in [0.29, 0.717) is 0 Å². The number of fused-ring (bicyclic) bond motifs is 15. The molecular weight excluding hydrogens is 757 g/mol. The van der Waals surface area contributed by atoms with Crippen molar-refractivity contribution in [3.05, 3.63) is 253 Å². The summed E-state index contributed by atoms with van der Waals surface area (Å²) in [5.74, 6) is 0. The van der Waals surface area contributed by atoms with Crippen LogP contribution in [0.5, 0.6) is 0 Å². The van der Waals surface area contributed by atoms with Crippen molar-refractivity contribution in [3.8, 4) is 55.6 Å². The Morgan fingerprint density at radius 2 is 0.651 bits per heavy atom. The van der Waals surface area contributed by atoms with Crippen LogP contribution in [0.25, 0.3) is 109 Å². The highest BCUT2D eigenvalue weighted by Crippen LogP contribution is 2.63. The van der Waals surface area contributed by atoms with Gasteiger partial charge in [-0.05, 0) is 168 Å². The molecule has 12 aromatic rings. The molecule has 0 heterocycles. The van der Waals surface area contributed by atoms with Gasteiger partial charge in [0.2, 0.25) is 0 Å². The van der Waals surface area contributed by atoms with Crippen LogP contribution in [-0.2, 0) is 5.41 Å². The van der Waals surface area contributed by atoms with Gasteiger partial charge in [-0.15, -0.1) is 0 Å². The van der Waals surface area contributed by atoms with Crippen molar-refractivity contribution < 1.29 is 0 Å². The largest absolute Gasteiger partial charge is 0.0725 e. The average Bonchev–Trinajstić information content (AvgIpc) is 3.80. The lowest BCUT2D eigenvalue weighted by molar-refractivity contribution is 0.796. The second kappa shape index (κ2) is 13.0. The zero-order valence-corrected chi connectivity index (χ0v) is 34.4. The maximum Gasteiger partial charge on any atom is 0.0725 e. The molecule has 0 bridgehead atoms. The van der Waals surface area contributed by atoms with Gasteiger partial charge in [0.15, 0.2) is 0 Å². The van der Waals surface area contributed by atoms with Crippen LogP contribution in [0.4, 0.5) is 0 Å². The Balaban J connectivity index is 0.972. The van der Waals surface area contributed by atoms with Crippen LogP contribution < -0.4 is 0 Å². The van der Waals surface area contributed by atoms with Gasteiger partial charge < -0.3 is 0 Å². The van der Waals surface area contributed by atoms with E-state index in [9.17, 15) is 0 Å². The molecule has 0 aromatic heterocycles. The molecule has 0 heteroatoms. The van der Waals surface area contributed by atoms with E-state index in [4.69, 9.17) is 0 Å². The highest BCUT2D eigenvalue weighted by atomic mass is 14.5. The van der Waals surface area contributed by atoms with E-state index in [2.05, 4.69) is 231 Å². The van der Waals surface area contributed by atoms with Gasteiger partial charge in [0, 0.05) is 0 Å². The molecule has 0 saturated carbocycles. The zero-order valence-electron chi connectivity index (χ0n) is 34.4. The van der Waals surface area contributed by atoms with Gasteiger partial charge in [-0.25, -0.2) is 0 Å². The standard InChI is InChI=1S/C63H38/c1-2-17-42-37-59-55(35-41(42)16-1)56-36-44-32-31-43(34-46(44)38-60(56)63(59)57-29-11-9-22-48(57)49-23-10-12-30-58(49)63)40-19-13-20-45(33-40)61-51-24-5-7-26-53(51)62(54-27-8-6-25-52(54)61)50-28-14-18-39-15-3-4-21-47(39)50/h1-38H. The van der Waals surface area contributed by atoms with E-state index in [1.54, 1.807) is 0 Å². The number of hydrogen-bond acceptors (Lipinski definition) is 0. The minimum atomic E-state index is -0.410. The molecule has 63 heavy (non-hydrogen) atoms. The normalized spacial score (nSPS) is 13.2. The Labute approximate surface area is 366 Å². The molecule has 1 spiro atoms. The third kappa shape index (κ3) is 4.75.